The number of aliphatic carboxylic acids is 1. The molecule has 0 amide bonds. The van der Waals surface area contributed by atoms with E-state index in [0.717, 1.165) is 33.7 Å². The fraction of sp³-hybridized carbons (Fsp3) is 0.111. The second-order valence-electron chi connectivity index (χ2n) is 8.52. The van der Waals surface area contributed by atoms with Gasteiger partial charge in [0.15, 0.2) is 12.2 Å². The molecule has 0 aliphatic rings. The van der Waals surface area contributed by atoms with Crippen molar-refractivity contribution in [2.45, 2.75) is 6.54 Å². The average molecular weight is 530 g/mol. The molecule has 0 radical (unpaired) electrons. The van der Waals surface area contributed by atoms with Crippen LogP contribution in [0, 0.1) is 0 Å². The molecular formula is C27H19N3O7S. The number of carboxylic acid groups (broad SMARTS) is 2. The second-order valence-corrected chi connectivity index (χ2v) is 9.05. The number of hydrogen-bond acceptors (Lipinski definition) is 8. The van der Waals surface area contributed by atoms with Crippen LogP contribution in [0.1, 0.15) is 16.1 Å². The first kappa shape index (κ1) is 23.5. The van der Waals surface area contributed by atoms with E-state index >= 15 is 0 Å². The zero-order valence-corrected chi connectivity index (χ0v) is 20.7. The fourth-order valence-corrected chi connectivity index (χ4v) is 5.18. The zero-order chi connectivity index (χ0) is 26.4. The summed E-state index contributed by atoms with van der Waals surface area (Å²) in [6.07, 6.45) is 0. The van der Waals surface area contributed by atoms with Gasteiger partial charge in [0.05, 0.1) is 29.9 Å². The van der Waals surface area contributed by atoms with Gasteiger partial charge in [-0.05, 0) is 42.0 Å². The minimum Gasteiger partial charge on any atom is -0.497 e. The van der Waals surface area contributed by atoms with Crippen molar-refractivity contribution in [2.75, 3.05) is 13.7 Å². The van der Waals surface area contributed by atoms with Crippen LogP contribution in [0.25, 0.3) is 44.2 Å². The summed E-state index contributed by atoms with van der Waals surface area (Å²) in [6, 6.07) is 17.8. The van der Waals surface area contributed by atoms with Crippen LogP contribution in [0.15, 0.2) is 65.1 Å². The maximum atomic E-state index is 12.8. The predicted octanol–water partition coefficient (Wildman–Crippen LogP) is 5.28. The van der Waals surface area contributed by atoms with Gasteiger partial charge in [0.2, 0.25) is 0 Å². The lowest BCUT2D eigenvalue weighted by atomic mass is 10.0. The molecule has 0 bridgehead atoms. The molecule has 3 heterocycles. The van der Waals surface area contributed by atoms with Gasteiger partial charge < -0.3 is 28.7 Å². The Morgan fingerprint density at radius 2 is 1.84 bits per heavy atom. The average Bonchev–Trinajstić information content (AvgIpc) is 3.60. The van der Waals surface area contributed by atoms with Crippen molar-refractivity contribution in [3.05, 3.63) is 71.9 Å². The molecule has 0 fully saturated rings. The van der Waals surface area contributed by atoms with Gasteiger partial charge >= 0.3 is 11.9 Å². The lowest BCUT2D eigenvalue weighted by Gasteiger charge is -2.13. The number of carboxylic acids is 2. The Morgan fingerprint density at radius 1 is 1.03 bits per heavy atom. The van der Waals surface area contributed by atoms with Crippen LogP contribution < -0.4 is 9.47 Å². The lowest BCUT2D eigenvalue weighted by Crippen LogP contribution is -2.12. The Labute approximate surface area is 218 Å². The minimum absolute atomic E-state index is 0.0219. The molecule has 11 heteroatoms. The molecule has 0 unspecified atom stereocenters. The number of aromatic carboxylic acids is 1. The number of nitrogens with zero attached hydrogens (tertiary/aromatic N) is 3. The van der Waals surface area contributed by atoms with Gasteiger partial charge in [0.25, 0.3) is 0 Å². The fourth-order valence-electron chi connectivity index (χ4n) is 4.66. The largest absolute Gasteiger partial charge is 0.497 e. The maximum Gasteiger partial charge on any atom is 0.353 e. The molecule has 38 heavy (non-hydrogen) atoms. The van der Waals surface area contributed by atoms with E-state index in [-0.39, 0.29) is 23.6 Å². The van der Waals surface area contributed by atoms with Crippen LogP contribution in [0.5, 0.6) is 11.5 Å². The number of benzene rings is 3. The highest BCUT2D eigenvalue weighted by atomic mass is 32.1. The molecule has 190 valence electrons. The topological polar surface area (TPSA) is 137 Å². The normalized spacial score (nSPS) is 11.4. The van der Waals surface area contributed by atoms with E-state index in [9.17, 15) is 19.8 Å². The van der Waals surface area contributed by atoms with Crippen molar-refractivity contribution in [1.82, 2.24) is 13.3 Å². The van der Waals surface area contributed by atoms with E-state index in [1.807, 2.05) is 42.5 Å². The highest BCUT2D eigenvalue weighted by Crippen LogP contribution is 2.45. The van der Waals surface area contributed by atoms with E-state index in [2.05, 4.69) is 8.75 Å². The standard InChI is InChI=1S/C27H19N3O7S/c1-35-15-7-8-16(21(11-15)36-13-22(31)32)23-25(27(33)34)30(12-14-6-9-18-19(10-14)29-38-28-18)24-17-4-2-3-5-20(17)37-26(23)24/h2-11H,12-13H2,1H3,(H,31,32)(H,33,34). The third-order valence-electron chi connectivity index (χ3n) is 6.24. The molecule has 0 aliphatic heterocycles. The van der Waals surface area contributed by atoms with Crippen molar-refractivity contribution in [2.24, 2.45) is 0 Å². The highest BCUT2D eigenvalue weighted by molar-refractivity contribution is 7.00. The summed E-state index contributed by atoms with van der Waals surface area (Å²) in [5.74, 6) is -1.76. The number of fused-ring (bicyclic) bond motifs is 4. The summed E-state index contributed by atoms with van der Waals surface area (Å²) in [5, 5.41) is 20.4. The van der Waals surface area contributed by atoms with Crippen LogP contribution in [0.3, 0.4) is 0 Å². The van der Waals surface area contributed by atoms with E-state index in [1.54, 1.807) is 16.7 Å². The SMILES string of the molecule is COc1ccc(-c2c(C(=O)O)n(Cc3ccc4nsnc4c3)c3c2oc2ccccc23)c(OCC(=O)O)c1. The monoisotopic (exact) mass is 529 g/mol. The van der Waals surface area contributed by atoms with E-state index < -0.39 is 18.5 Å². The predicted molar refractivity (Wildman–Crippen MR) is 140 cm³/mol. The summed E-state index contributed by atoms with van der Waals surface area (Å²) in [5.41, 5.74) is 4.49. The van der Waals surface area contributed by atoms with Crippen LogP contribution in [0.4, 0.5) is 0 Å². The van der Waals surface area contributed by atoms with Crippen LogP contribution in [-0.4, -0.2) is 49.2 Å². The summed E-state index contributed by atoms with van der Waals surface area (Å²) in [4.78, 5) is 24.1. The minimum atomic E-state index is -1.17. The third kappa shape index (κ3) is 3.89. The molecule has 6 rings (SSSR count). The molecular weight excluding hydrogens is 510 g/mol. The van der Waals surface area contributed by atoms with E-state index in [0.29, 0.717) is 28.0 Å². The Kier molecular flexibility index (Phi) is 5.69. The van der Waals surface area contributed by atoms with Crippen molar-refractivity contribution >= 4 is 56.8 Å². The molecule has 0 saturated heterocycles. The molecule has 3 aromatic heterocycles. The first-order valence-electron chi connectivity index (χ1n) is 11.5. The van der Waals surface area contributed by atoms with Crippen molar-refractivity contribution < 1.29 is 33.7 Å². The number of para-hydroxylation sites is 1. The molecule has 0 spiro atoms. The number of ether oxygens (including phenoxy) is 2. The van der Waals surface area contributed by atoms with Gasteiger partial charge in [-0.2, -0.15) is 8.75 Å². The molecule has 10 nitrogen and oxygen atoms in total. The Hall–Kier alpha value is -4.90. The molecule has 0 saturated carbocycles. The quantitative estimate of drug-likeness (QED) is 0.270. The molecule has 0 atom stereocenters. The van der Waals surface area contributed by atoms with Crippen LogP contribution in [0.2, 0.25) is 0 Å². The summed E-state index contributed by atoms with van der Waals surface area (Å²) in [7, 11) is 1.47. The number of hydrogen-bond donors (Lipinski definition) is 2. The number of carbonyl (C=O) groups is 2. The third-order valence-corrected chi connectivity index (χ3v) is 6.80. The smallest absolute Gasteiger partial charge is 0.353 e. The Morgan fingerprint density at radius 3 is 2.63 bits per heavy atom. The van der Waals surface area contributed by atoms with Crippen LogP contribution >= 0.6 is 11.7 Å². The first-order valence-corrected chi connectivity index (χ1v) is 12.2. The number of methoxy groups -OCH3 is 1. The summed E-state index contributed by atoms with van der Waals surface area (Å²) < 4.78 is 27.4. The number of furan rings is 1. The molecule has 6 aromatic rings. The Bertz CT molecular complexity index is 1870. The van der Waals surface area contributed by atoms with E-state index in [1.165, 1.54) is 13.2 Å². The maximum absolute atomic E-state index is 12.8. The summed E-state index contributed by atoms with van der Waals surface area (Å²) >= 11 is 1.11. The number of rotatable bonds is 8. The second kappa shape index (κ2) is 9.20. The van der Waals surface area contributed by atoms with Gasteiger partial charge in [-0.3, -0.25) is 0 Å². The molecule has 2 N–H and O–H groups in total. The molecule has 0 aliphatic carbocycles. The highest BCUT2D eigenvalue weighted by Gasteiger charge is 2.30. The lowest BCUT2D eigenvalue weighted by molar-refractivity contribution is -0.139. The van der Waals surface area contributed by atoms with Gasteiger partial charge in [-0.25, -0.2) is 9.59 Å². The van der Waals surface area contributed by atoms with Crippen molar-refractivity contribution in [3.8, 4) is 22.6 Å². The molecule has 3 aromatic carbocycles. The van der Waals surface area contributed by atoms with Crippen molar-refractivity contribution in [3.63, 3.8) is 0 Å². The van der Waals surface area contributed by atoms with Gasteiger partial charge in [-0.1, -0.05) is 18.2 Å². The van der Waals surface area contributed by atoms with Gasteiger partial charge in [0.1, 0.15) is 33.8 Å². The number of aromatic nitrogens is 3. The summed E-state index contributed by atoms with van der Waals surface area (Å²) in [6.45, 7) is -0.398. The van der Waals surface area contributed by atoms with Gasteiger partial charge in [0, 0.05) is 23.6 Å². The van der Waals surface area contributed by atoms with Crippen LogP contribution in [-0.2, 0) is 11.3 Å². The Balaban J connectivity index is 1.65. The zero-order valence-electron chi connectivity index (χ0n) is 19.9. The van der Waals surface area contributed by atoms with Crippen molar-refractivity contribution in [1.29, 1.82) is 0 Å². The van der Waals surface area contributed by atoms with E-state index in [4.69, 9.17) is 13.9 Å². The first-order chi connectivity index (χ1) is 18.4. The van der Waals surface area contributed by atoms with Gasteiger partial charge in [-0.15, -0.1) is 0 Å².